The van der Waals surface area contributed by atoms with Gasteiger partial charge in [-0.3, -0.25) is 4.79 Å². The van der Waals surface area contributed by atoms with Gasteiger partial charge in [-0.1, -0.05) is 26.3 Å². The molecule has 0 unspecified atom stereocenters. The molecule has 0 spiro atoms. The molecule has 0 bridgehead atoms. The Balaban J connectivity index is 1.35. The highest BCUT2D eigenvalue weighted by Gasteiger charge is 2.43. The number of nitrogens with two attached hydrogens (primary N) is 1. The minimum atomic E-state index is -0.708. The fourth-order valence-corrected chi connectivity index (χ4v) is 6.39. The first-order valence-electron chi connectivity index (χ1n) is 12.5. The summed E-state index contributed by atoms with van der Waals surface area (Å²) in [5.41, 5.74) is 8.82. The summed E-state index contributed by atoms with van der Waals surface area (Å²) in [6.07, 6.45) is 7.54. The summed E-state index contributed by atoms with van der Waals surface area (Å²) in [4.78, 5) is 26.1. The number of hydrogen-bond acceptors (Lipinski definition) is 5. The number of hydrogen-bond donors (Lipinski definition) is 2. The summed E-state index contributed by atoms with van der Waals surface area (Å²) < 4.78 is 16.2. The van der Waals surface area contributed by atoms with Gasteiger partial charge in [0.2, 0.25) is 0 Å². The third-order valence-electron chi connectivity index (χ3n) is 8.22. The van der Waals surface area contributed by atoms with E-state index in [2.05, 4.69) is 19.8 Å². The number of nitrogens with zero attached hydrogens (tertiary/aromatic N) is 3. The van der Waals surface area contributed by atoms with Crippen LogP contribution in [0.3, 0.4) is 0 Å². The second kappa shape index (κ2) is 7.80. The van der Waals surface area contributed by atoms with Crippen LogP contribution < -0.4 is 10.6 Å². The first kappa shape index (κ1) is 21.6. The number of likely N-dealkylation sites (tertiary alicyclic amines) is 1. The number of benzene rings is 1. The molecule has 34 heavy (non-hydrogen) atoms. The first-order chi connectivity index (χ1) is 16.4. The van der Waals surface area contributed by atoms with Crippen LogP contribution in [-0.2, 0) is 5.41 Å². The minimum absolute atomic E-state index is 0.179. The van der Waals surface area contributed by atoms with Crippen molar-refractivity contribution in [2.45, 2.75) is 57.4 Å². The number of anilines is 2. The molecule has 2 aromatic heterocycles. The molecule has 1 aromatic carbocycles. The number of carbonyl (C=O) groups is 1. The normalized spacial score (nSPS) is 21.0. The fraction of sp³-hybridized carbons (Fsp3) is 0.481. The maximum atomic E-state index is 16.2. The van der Waals surface area contributed by atoms with E-state index in [9.17, 15) is 4.79 Å². The molecule has 7 heteroatoms. The standard InChI is InChI=1S/C27H32FN5O/c1-27(2)22-19(24(34)21-18-7-6-16(29)14-20(18)31-25(21)27)15-30-26(23(22)28)33-12-8-17(9-13-33)32-10-4-3-5-11-32/h6-7,14-15,17,31H,3-5,8-13,29H2,1-2H3. The van der Waals surface area contributed by atoms with Gasteiger partial charge in [0, 0.05) is 64.2 Å². The van der Waals surface area contributed by atoms with Crippen LogP contribution in [0.5, 0.6) is 0 Å². The first-order valence-corrected chi connectivity index (χ1v) is 12.5. The number of H-pyrrole nitrogens is 1. The molecule has 3 aliphatic rings. The Morgan fingerprint density at radius 1 is 1.12 bits per heavy atom. The van der Waals surface area contributed by atoms with Crippen molar-refractivity contribution in [1.29, 1.82) is 0 Å². The van der Waals surface area contributed by atoms with Crippen molar-refractivity contribution in [3.05, 3.63) is 52.6 Å². The van der Waals surface area contributed by atoms with E-state index >= 15 is 4.39 Å². The molecular weight excluding hydrogens is 429 g/mol. The Bertz CT molecular complexity index is 1280. The van der Waals surface area contributed by atoms with Crippen molar-refractivity contribution in [3.8, 4) is 0 Å². The minimum Gasteiger partial charge on any atom is -0.399 e. The predicted molar refractivity (Wildman–Crippen MR) is 133 cm³/mol. The van der Waals surface area contributed by atoms with Crippen molar-refractivity contribution in [3.63, 3.8) is 0 Å². The van der Waals surface area contributed by atoms with E-state index in [0.29, 0.717) is 34.2 Å². The summed E-state index contributed by atoms with van der Waals surface area (Å²) >= 11 is 0. The number of pyridine rings is 1. The maximum absolute atomic E-state index is 16.2. The Morgan fingerprint density at radius 2 is 1.85 bits per heavy atom. The van der Waals surface area contributed by atoms with Crippen molar-refractivity contribution >= 4 is 28.2 Å². The zero-order valence-electron chi connectivity index (χ0n) is 20.0. The van der Waals surface area contributed by atoms with E-state index < -0.39 is 5.41 Å². The number of nitrogen functional groups attached to an aromatic ring is 1. The molecule has 0 amide bonds. The molecule has 6 nitrogen and oxygen atoms in total. The summed E-state index contributed by atoms with van der Waals surface area (Å²) in [5.74, 6) is -0.168. The van der Waals surface area contributed by atoms with Gasteiger partial charge in [0.15, 0.2) is 17.4 Å². The Labute approximate surface area is 199 Å². The van der Waals surface area contributed by atoms with Crippen LogP contribution in [0.1, 0.15) is 73.1 Å². The number of rotatable bonds is 2. The third kappa shape index (κ3) is 3.17. The largest absolute Gasteiger partial charge is 0.399 e. The van der Waals surface area contributed by atoms with Gasteiger partial charge < -0.3 is 20.5 Å². The van der Waals surface area contributed by atoms with Gasteiger partial charge in [0.25, 0.3) is 0 Å². The van der Waals surface area contributed by atoms with Gasteiger partial charge in [-0.25, -0.2) is 9.37 Å². The number of ketones is 1. The second-order valence-electron chi connectivity index (χ2n) is 10.6. The van der Waals surface area contributed by atoms with Gasteiger partial charge in [0.1, 0.15) is 0 Å². The summed E-state index contributed by atoms with van der Waals surface area (Å²) in [5, 5.41) is 0.817. The molecule has 4 heterocycles. The van der Waals surface area contributed by atoms with Gasteiger partial charge in [-0.2, -0.15) is 0 Å². The summed E-state index contributed by atoms with van der Waals surface area (Å²) in [7, 11) is 0. The number of halogens is 1. The van der Waals surface area contributed by atoms with Crippen molar-refractivity contribution in [2.24, 2.45) is 0 Å². The molecule has 3 aromatic rings. The zero-order chi connectivity index (χ0) is 23.6. The predicted octanol–water partition coefficient (Wildman–Crippen LogP) is 4.61. The molecule has 0 atom stereocenters. The van der Waals surface area contributed by atoms with Crippen molar-refractivity contribution < 1.29 is 9.18 Å². The van der Waals surface area contributed by atoms with Crippen LogP contribution in [0.2, 0.25) is 0 Å². The van der Waals surface area contributed by atoms with E-state index in [1.165, 1.54) is 32.4 Å². The van der Waals surface area contributed by atoms with Crippen molar-refractivity contribution in [1.82, 2.24) is 14.9 Å². The highest BCUT2D eigenvalue weighted by atomic mass is 19.1. The second-order valence-corrected chi connectivity index (χ2v) is 10.6. The van der Waals surface area contributed by atoms with Crippen LogP contribution in [0.4, 0.5) is 15.9 Å². The highest BCUT2D eigenvalue weighted by Crippen LogP contribution is 2.46. The van der Waals surface area contributed by atoms with Crippen LogP contribution in [0, 0.1) is 5.82 Å². The molecular formula is C27H32FN5O. The van der Waals surface area contributed by atoms with Gasteiger partial charge in [-0.05, 0) is 50.9 Å². The zero-order valence-corrected chi connectivity index (χ0v) is 20.0. The fourth-order valence-electron chi connectivity index (χ4n) is 6.39. The molecule has 0 radical (unpaired) electrons. The highest BCUT2D eigenvalue weighted by molar-refractivity contribution is 6.20. The maximum Gasteiger partial charge on any atom is 0.197 e. The Kier molecular flexibility index (Phi) is 4.96. The van der Waals surface area contributed by atoms with E-state index in [1.807, 2.05) is 26.0 Å². The molecule has 6 rings (SSSR count). The monoisotopic (exact) mass is 461 g/mol. The SMILES string of the molecule is CC1(C)c2[nH]c3cc(N)ccc3c2C(=O)c2cnc(N3CCC(N4CCCCC4)CC3)c(F)c21. The van der Waals surface area contributed by atoms with Gasteiger partial charge >= 0.3 is 0 Å². The van der Waals surface area contributed by atoms with Gasteiger partial charge in [0.05, 0.1) is 5.56 Å². The van der Waals surface area contributed by atoms with Crippen LogP contribution in [0.15, 0.2) is 24.4 Å². The van der Waals surface area contributed by atoms with Crippen LogP contribution in [0.25, 0.3) is 10.9 Å². The van der Waals surface area contributed by atoms with Crippen molar-refractivity contribution in [2.75, 3.05) is 36.8 Å². The number of fused-ring (bicyclic) bond motifs is 4. The average molecular weight is 462 g/mol. The summed E-state index contributed by atoms with van der Waals surface area (Å²) in [6, 6.07) is 6.07. The number of aromatic amines is 1. The third-order valence-corrected chi connectivity index (χ3v) is 8.22. The molecule has 3 N–H and O–H groups in total. The van der Waals surface area contributed by atoms with Gasteiger partial charge in [-0.15, -0.1) is 0 Å². The molecule has 2 fully saturated rings. The lowest BCUT2D eigenvalue weighted by Crippen LogP contribution is -2.47. The molecule has 0 saturated carbocycles. The van der Waals surface area contributed by atoms with Crippen LogP contribution in [-0.4, -0.2) is 52.9 Å². The van der Waals surface area contributed by atoms with E-state index in [4.69, 9.17) is 5.73 Å². The molecule has 2 aliphatic heterocycles. The lowest BCUT2D eigenvalue weighted by Gasteiger charge is -2.41. The lowest BCUT2D eigenvalue weighted by atomic mass is 9.71. The lowest BCUT2D eigenvalue weighted by molar-refractivity contribution is 0.103. The number of carbonyl (C=O) groups excluding carboxylic acids is 1. The Hall–Kier alpha value is -2.93. The smallest absolute Gasteiger partial charge is 0.197 e. The number of nitrogens with one attached hydrogen (secondary N) is 1. The molecule has 1 aliphatic carbocycles. The quantitative estimate of drug-likeness (QED) is 0.545. The topological polar surface area (TPSA) is 78.2 Å². The van der Waals surface area contributed by atoms with E-state index in [-0.39, 0.29) is 11.6 Å². The Morgan fingerprint density at radius 3 is 2.59 bits per heavy atom. The molecule has 178 valence electrons. The average Bonchev–Trinajstić information content (AvgIpc) is 3.23. The molecule has 2 saturated heterocycles. The van der Waals surface area contributed by atoms with Crippen LogP contribution >= 0.6 is 0 Å². The van der Waals surface area contributed by atoms with E-state index in [1.54, 1.807) is 12.3 Å². The number of piperidine rings is 2. The summed E-state index contributed by atoms with van der Waals surface area (Å²) in [6.45, 7) is 7.90. The van der Waals surface area contributed by atoms with E-state index in [0.717, 1.165) is 42.5 Å². The number of aromatic nitrogens is 2.